The van der Waals surface area contributed by atoms with Gasteiger partial charge in [-0.15, -0.1) is 16.9 Å². The van der Waals surface area contributed by atoms with Gasteiger partial charge < -0.3 is 48.5 Å². The Hall–Kier alpha value is -7.14. The largest absolute Gasteiger partial charge is 0.380 e. The van der Waals surface area contributed by atoms with Crippen LogP contribution < -0.4 is 28.7 Å². The third-order valence-electron chi connectivity index (χ3n) is 23.3. The maximum absolute atomic E-state index is 12.1. The number of aromatic amines is 4. The first-order valence-corrected chi connectivity index (χ1v) is 55.1. The summed E-state index contributed by atoms with van der Waals surface area (Å²) in [6.07, 6.45) is 59.7. The molecule has 17 N–H and O–H groups in total. The second-order valence-electron chi connectivity index (χ2n) is 35.0. The quantitative estimate of drug-likeness (QED) is 0.00957. The van der Waals surface area contributed by atoms with Crippen LogP contribution in [0.4, 0.5) is 0 Å². The number of nitrogens with two attached hydrogens (primary N) is 5. The number of H-pyrrole nitrogens is 4. The normalized spacial score (nSPS) is 12.9. The standard InChI is InChI=1S/C22H32NO4P.C21H33N3S.C20H32N4O2S.2C20H32N4S/c23-21(17-22(24)28(25,26)27)16-15-20-13-11-19(12-14-20)10-6-2-5-9-18-7-3-1-4-8-18;1-2-3-4-5-6-7-8-18-9-11-19(12-10-18)13-14-20(22)17-25-21-23-15-16-24-21;1-2-3-4-5-6-7-8-17-9-11-18(12-10-17)13-14-19(21)15-27(25,26)20-22-16-23-24-20;1-2-3-4-5-6-7-8-17-9-11-18(12-10-17)13-14-19(21)16-25-20-15-22-24-23-20;1-2-3-4-5-6-7-8-17-9-11-18(12-10-17)13-14-19(21)15-25-20-22-16-23-24-20/h1,3-4,7-8,11-14,21-22,24H,2,5-6,9-10,15-17,23H2,(H2,25,26,27);9-12,15-16,20H,2-8,13-14,17,22H2,1H3,(H,23,24);9-12,16,19H,2-8,13-15,21H2,1H3,(H,22,23,24);9-12,15,19H,2-8,13-14,16,21H2,1H3,(H,22,23,24);9-12,16,19H,2-8,13-15,21H2,1H3,(H,22,23,24)/t21-,22?;;;;/m1..../s1. The highest BCUT2D eigenvalue weighted by Gasteiger charge is 2.28. The van der Waals surface area contributed by atoms with Crippen LogP contribution in [0.15, 0.2) is 203 Å². The van der Waals surface area contributed by atoms with Gasteiger partial charge in [0.05, 0.1) is 11.9 Å². The Morgan fingerprint density at radius 2 is 0.677 bits per heavy atom. The number of thioether (sulfide) groups is 3. The lowest BCUT2D eigenvalue weighted by molar-refractivity contribution is 0.184. The fourth-order valence-electron chi connectivity index (χ4n) is 15.0. The average molecular weight is 1880 g/mol. The van der Waals surface area contributed by atoms with Gasteiger partial charge in [-0.05, 0) is 202 Å². The van der Waals surface area contributed by atoms with E-state index in [-0.39, 0.29) is 35.5 Å². The van der Waals surface area contributed by atoms with E-state index in [1.807, 2.05) is 12.3 Å². The molecule has 6 atom stereocenters. The van der Waals surface area contributed by atoms with Crippen LogP contribution in [-0.2, 0) is 85.0 Å². The summed E-state index contributed by atoms with van der Waals surface area (Å²) >= 11 is 4.99. The van der Waals surface area contributed by atoms with E-state index in [0.717, 1.165) is 109 Å². The van der Waals surface area contributed by atoms with E-state index < -0.39 is 35.4 Å². The average Bonchev–Trinajstić information content (AvgIpc) is 1.66. The van der Waals surface area contributed by atoms with Crippen LogP contribution in [0.25, 0.3) is 0 Å². The van der Waals surface area contributed by atoms with E-state index >= 15 is 0 Å². The summed E-state index contributed by atoms with van der Waals surface area (Å²) in [5, 5.41) is 35.1. The Bertz CT molecular complexity index is 4220. The molecule has 0 radical (unpaired) electrons. The highest BCUT2D eigenvalue weighted by atomic mass is 32.2. The number of aromatic nitrogens is 11. The number of hydrogen-bond donors (Lipinski definition) is 12. The Morgan fingerprint density at radius 1 is 0.362 bits per heavy atom. The lowest BCUT2D eigenvalue weighted by Crippen LogP contribution is -2.30. The van der Waals surface area contributed by atoms with E-state index in [0.29, 0.717) is 12.8 Å². The molecule has 0 amide bonds. The monoisotopic (exact) mass is 1880 g/mol. The van der Waals surface area contributed by atoms with Gasteiger partial charge in [-0.1, -0.05) is 338 Å². The minimum absolute atomic E-state index is 0.0919. The number of unbranched alkanes of at least 4 members (excludes halogenated alkanes) is 22. The van der Waals surface area contributed by atoms with E-state index in [2.05, 4.69) is 229 Å². The van der Waals surface area contributed by atoms with E-state index in [9.17, 15) is 18.1 Å². The zero-order valence-corrected chi connectivity index (χ0v) is 83.0. The molecular weight excluding hydrogens is 1720 g/mol. The van der Waals surface area contributed by atoms with Crippen LogP contribution in [0.3, 0.4) is 0 Å². The van der Waals surface area contributed by atoms with Gasteiger partial charge in [0.25, 0.3) is 0 Å². The molecule has 0 bridgehead atoms. The number of hydrogen-bond acceptors (Lipinski definition) is 19. The number of benzene rings is 6. The molecule has 22 nitrogen and oxygen atoms in total. The number of rotatable bonds is 64. The number of sulfone groups is 1. The molecule has 10 aromatic rings. The van der Waals surface area contributed by atoms with Crippen LogP contribution >= 0.6 is 42.9 Å². The molecule has 0 aliphatic rings. The summed E-state index contributed by atoms with van der Waals surface area (Å²) in [6, 6.07) is 54.7. The van der Waals surface area contributed by atoms with E-state index in [1.165, 1.54) is 261 Å². The zero-order chi connectivity index (χ0) is 93.2. The molecule has 4 aromatic heterocycles. The van der Waals surface area contributed by atoms with Gasteiger partial charge in [-0.25, -0.2) is 23.4 Å². The lowest BCUT2D eigenvalue weighted by Gasteiger charge is -2.17. The first-order valence-electron chi connectivity index (χ1n) is 48.8. The Balaban J connectivity index is 0.000000251. The van der Waals surface area contributed by atoms with Gasteiger partial charge in [-0.2, -0.15) is 20.5 Å². The van der Waals surface area contributed by atoms with Crippen molar-refractivity contribution < 1.29 is 27.9 Å². The predicted octanol–water partition coefficient (Wildman–Crippen LogP) is 22.1. The van der Waals surface area contributed by atoms with Crippen molar-refractivity contribution in [3.05, 3.63) is 244 Å². The Kier molecular flexibility index (Phi) is 59.8. The molecule has 718 valence electrons. The van der Waals surface area contributed by atoms with Gasteiger partial charge in [0.15, 0.2) is 16.2 Å². The SMILES string of the molecule is CCCCCCCCc1ccc(CCC(N)CS(=O)(=O)c2ncn[nH]2)cc1.CCCCCCCCc1ccc(CCC(N)CSc2cn[nH]n2)cc1.CCCCCCCCc1ccc(CCC(N)CSc2ncc[nH]2)cc1.CCCCCCCCc1ccc(CCC(N)CSc2ncn[nH]2)cc1.N[C@H](CCc1ccc(CCCCCc2ccccc2)cc1)CC(O)P(=O)(O)O. The summed E-state index contributed by atoms with van der Waals surface area (Å²) in [5.74, 6) is 0.849. The maximum Gasteiger partial charge on any atom is 0.353 e. The van der Waals surface area contributed by atoms with Crippen LogP contribution in [0, 0.1) is 0 Å². The second-order valence-corrected chi connectivity index (χ2v) is 41.8. The molecule has 4 heterocycles. The van der Waals surface area contributed by atoms with Gasteiger partial charge in [0, 0.05) is 66.3 Å². The van der Waals surface area contributed by atoms with Gasteiger partial charge in [0.1, 0.15) is 17.7 Å². The number of aliphatic hydroxyl groups excluding tert-OH is 1. The van der Waals surface area contributed by atoms with Crippen LogP contribution in [0.2, 0.25) is 0 Å². The van der Waals surface area contributed by atoms with Crippen LogP contribution in [0.1, 0.15) is 301 Å². The fourth-order valence-corrected chi connectivity index (χ4v) is 19.2. The van der Waals surface area contributed by atoms with Gasteiger partial charge in [-0.3, -0.25) is 14.8 Å². The molecule has 0 aliphatic carbocycles. The number of nitrogens with one attached hydrogen (secondary N) is 4. The third-order valence-corrected chi connectivity index (χ3v) is 29.2. The summed E-state index contributed by atoms with van der Waals surface area (Å²) < 4.78 is 35.2. The minimum atomic E-state index is -4.47. The highest BCUT2D eigenvalue weighted by molar-refractivity contribution is 7.99. The lowest BCUT2D eigenvalue weighted by atomic mass is 10.00. The molecule has 27 heteroatoms. The summed E-state index contributed by atoms with van der Waals surface area (Å²) in [4.78, 5) is 33.0. The first-order chi connectivity index (χ1) is 63.2. The van der Waals surface area contributed by atoms with Crippen LogP contribution in [-0.4, -0.2) is 138 Å². The molecule has 0 spiro atoms. The van der Waals surface area contributed by atoms with Crippen molar-refractivity contribution in [1.82, 2.24) is 55.7 Å². The molecular formula is C103H161N16O6PS4. The van der Waals surface area contributed by atoms with Gasteiger partial charge in [0.2, 0.25) is 15.0 Å². The Morgan fingerprint density at radius 3 is 1.00 bits per heavy atom. The van der Waals surface area contributed by atoms with Crippen molar-refractivity contribution in [3.63, 3.8) is 0 Å². The van der Waals surface area contributed by atoms with Crippen molar-refractivity contribution in [2.24, 2.45) is 28.7 Å². The van der Waals surface area contributed by atoms with E-state index in [1.54, 1.807) is 47.7 Å². The van der Waals surface area contributed by atoms with Crippen molar-refractivity contribution in [2.75, 3.05) is 23.0 Å². The Labute approximate surface area is 793 Å². The van der Waals surface area contributed by atoms with Crippen molar-refractivity contribution in [2.45, 2.75) is 367 Å². The number of nitrogens with zero attached hydrogens (tertiary/aromatic N) is 7. The molecule has 10 rings (SSSR count). The molecule has 0 saturated carbocycles. The fraction of sp³-hybridized carbons (Fsp3) is 0.563. The zero-order valence-electron chi connectivity index (χ0n) is 78.9. The number of imidazole rings is 1. The highest BCUT2D eigenvalue weighted by Crippen LogP contribution is 2.42. The molecule has 0 saturated heterocycles. The molecule has 0 fully saturated rings. The van der Waals surface area contributed by atoms with Crippen molar-refractivity contribution >= 4 is 52.7 Å². The second kappa shape index (κ2) is 69.7. The number of aliphatic hydroxyl groups is 1. The minimum Gasteiger partial charge on any atom is -0.380 e. The summed E-state index contributed by atoms with van der Waals surface area (Å²) in [7, 11) is -7.97. The number of aryl methyl sites for hydroxylation is 11. The van der Waals surface area contributed by atoms with E-state index in [4.69, 9.17) is 38.5 Å². The van der Waals surface area contributed by atoms with Crippen LogP contribution in [0.5, 0.6) is 0 Å². The van der Waals surface area contributed by atoms with Crippen molar-refractivity contribution in [1.29, 1.82) is 0 Å². The molecule has 130 heavy (non-hydrogen) atoms. The van der Waals surface area contributed by atoms with Gasteiger partial charge >= 0.3 is 7.60 Å². The molecule has 0 aliphatic heterocycles. The maximum atomic E-state index is 12.1. The summed E-state index contributed by atoms with van der Waals surface area (Å²) in [5.41, 5.74) is 45.5. The predicted molar refractivity (Wildman–Crippen MR) is 544 cm³/mol. The van der Waals surface area contributed by atoms with Crippen molar-refractivity contribution in [3.8, 4) is 0 Å². The molecule has 5 unspecified atom stereocenters. The first kappa shape index (κ1) is 112. The molecule has 6 aromatic carbocycles. The topological polar surface area (TPSA) is 395 Å². The summed E-state index contributed by atoms with van der Waals surface area (Å²) in [6.45, 7) is 9.05. The smallest absolute Gasteiger partial charge is 0.353 e. The third kappa shape index (κ3) is 53.7.